The van der Waals surface area contributed by atoms with Gasteiger partial charge in [-0.25, -0.2) is 5.90 Å². The lowest BCUT2D eigenvalue weighted by atomic mass is 10.1. The van der Waals surface area contributed by atoms with Crippen LogP contribution in [0.4, 0.5) is 0 Å². The van der Waals surface area contributed by atoms with Gasteiger partial charge in [-0.3, -0.25) is 4.84 Å². The average Bonchev–Trinajstić information content (AvgIpc) is 2.04. The Kier molecular flexibility index (Phi) is 3.26. The predicted octanol–water partition coefficient (Wildman–Crippen LogP) is 0.417. The molecule has 1 aliphatic heterocycles. The van der Waals surface area contributed by atoms with Gasteiger partial charge in [-0.2, -0.15) is 0 Å². The van der Waals surface area contributed by atoms with Crippen LogP contribution in [0.25, 0.3) is 0 Å². The Labute approximate surface area is 66.6 Å². The minimum atomic E-state index is -0.253. The van der Waals surface area contributed by atoms with Gasteiger partial charge in [0.05, 0.1) is 12.2 Å². The first kappa shape index (κ1) is 8.93. The van der Waals surface area contributed by atoms with Crippen molar-refractivity contribution in [3.63, 3.8) is 0 Å². The minimum absolute atomic E-state index is 0.0716. The molecule has 1 aliphatic rings. The van der Waals surface area contributed by atoms with Gasteiger partial charge in [0.1, 0.15) is 0 Å². The fourth-order valence-electron chi connectivity index (χ4n) is 1.34. The van der Waals surface area contributed by atoms with Crippen molar-refractivity contribution in [2.45, 2.75) is 38.3 Å². The summed E-state index contributed by atoms with van der Waals surface area (Å²) in [5.74, 6) is 4.99. The molecule has 4 heteroatoms. The third-order valence-electron chi connectivity index (χ3n) is 2.03. The van der Waals surface area contributed by atoms with Crippen LogP contribution in [0.15, 0.2) is 0 Å². The van der Waals surface area contributed by atoms with E-state index in [2.05, 4.69) is 4.84 Å². The van der Waals surface area contributed by atoms with Crippen LogP contribution in [0.3, 0.4) is 0 Å². The smallest absolute Gasteiger partial charge is 0.177 e. The van der Waals surface area contributed by atoms with Crippen molar-refractivity contribution in [1.29, 1.82) is 0 Å². The van der Waals surface area contributed by atoms with Crippen LogP contribution in [0.2, 0.25) is 0 Å². The number of hydrogen-bond acceptors (Lipinski definition) is 4. The van der Waals surface area contributed by atoms with Crippen molar-refractivity contribution in [2.75, 3.05) is 7.11 Å². The summed E-state index contributed by atoms with van der Waals surface area (Å²) < 4.78 is 10.5. The van der Waals surface area contributed by atoms with E-state index in [1.54, 1.807) is 7.11 Å². The lowest BCUT2D eigenvalue weighted by Gasteiger charge is -2.32. The molecule has 3 atom stereocenters. The molecule has 66 valence electrons. The number of rotatable bonds is 2. The highest BCUT2D eigenvalue weighted by Crippen LogP contribution is 2.20. The monoisotopic (exact) mass is 161 g/mol. The Bertz CT molecular complexity index is 120. The summed E-state index contributed by atoms with van der Waals surface area (Å²) in [6.45, 7) is 1.96. The van der Waals surface area contributed by atoms with E-state index in [0.29, 0.717) is 0 Å². The van der Waals surface area contributed by atoms with E-state index in [1.165, 1.54) is 0 Å². The zero-order valence-electron chi connectivity index (χ0n) is 6.95. The maximum absolute atomic E-state index is 5.37. The first-order valence-electron chi connectivity index (χ1n) is 3.81. The van der Waals surface area contributed by atoms with Crippen LogP contribution < -0.4 is 5.90 Å². The normalized spacial score (nSPS) is 39.0. The summed E-state index contributed by atoms with van der Waals surface area (Å²) in [6.07, 6.45) is 1.75. The van der Waals surface area contributed by atoms with E-state index in [-0.39, 0.29) is 18.5 Å². The number of nitrogens with two attached hydrogens (primary N) is 1. The molecule has 0 amide bonds. The molecular formula is C7H15NO3. The summed E-state index contributed by atoms with van der Waals surface area (Å²) in [7, 11) is 1.69. The molecule has 0 aromatic rings. The van der Waals surface area contributed by atoms with Gasteiger partial charge in [-0.15, -0.1) is 0 Å². The van der Waals surface area contributed by atoms with Crippen LogP contribution >= 0.6 is 0 Å². The molecule has 0 aliphatic carbocycles. The van der Waals surface area contributed by atoms with Crippen molar-refractivity contribution >= 4 is 0 Å². The van der Waals surface area contributed by atoms with Gasteiger partial charge in [0.15, 0.2) is 6.29 Å². The maximum atomic E-state index is 5.37. The van der Waals surface area contributed by atoms with E-state index in [9.17, 15) is 0 Å². The molecule has 2 unspecified atom stereocenters. The van der Waals surface area contributed by atoms with Crippen molar-refractivity contribution in [2.24, 2.45) is 5.90 Å². The summed E-state index contributed by atoms with van der Waals surface area (Å²) >= 11 is 0. The van der Waals surface area contributed by atoms with E-state index >= 15 is 0 Å². The summed E-state index contributed by atoms with van der Waals surface area (Å²) in [5.41, 5.74) is 0. The third-order valence-corrected chi connectivity index (χ3v) is 2.03. The molecule has 1 heterocycles. The topological polar surface area (TPSA) is 53.7 Å². The summed E-state index contributed by atoms with van der Waals surface area (Å²) in [4.78, 5) is 4.58. The Morgan fingerprint density at radius 2 is 2.18 bits per heavy atom. The van der Waals surface area contributed by atoms with E-state index in [4.69, 9.17) is 15.4 Å². The molecule has 0 saturated carbocycles. The summed E-state index contributed by atoms with van der Waals surface area (Å²) in [6, 6.07) is 0. The van der Waals surface area contributed by atoms with Gasteiger partial charge < -0.3 is 9.47 Å². The molecule has 0 aromatic carbocycles. The van der Waals surface area contributed by atoms with Gasteiger partial charge in [0.2, 0.25) is 0 Å². The second-order valence-electron chi connectivity index (χ2n) is 2.76. The Morgan fingerprint density at radius 1 is 1.45 bits per heavy atom. The van der Waals surface area contributed by atoms with Crippen molar-refractivity contribution in [3.8, 4) is 0 Å². The number of hydrogen-bond donors (Lipinski definition) is 1. The van der Waals surface area contributed by atoms with E-state index in [0.717, 1.165) is 12.8 Å². The second kappa shape index (κ2) is 4.01. The molecule has 0 radical (unpaired) electrons. The molecule has 0 bridgehead atoms. The fraction of sp³-hybridized carbons (Fsp3) is 1.00. The largest absolute Gasteiger partial charge is 0.379 e. The highest BCUT2D eigenvalue weighted by molar-refractivity contribution is 4.72. The minimum Gasteiger partial charge on any atom is -0.379 e. The van der Waals surface area contributed by atoms with Crippen molar-refractivity contribution in [3.05, 3.63) is 0 Å². The zero-order chi connectivity index (χ0) is 8.27. The molecule has 0 spiro atoms. The van der Waals surface area contributed by atoms with E-state index < -0.39 is 0 Å². The zero-order valence-corrected chi connectivity index (χ0v) is 6.95. The number of ether oxygens (including phenoxy) is 2. The van der Waals surface area contributed by atoms with Crippen LogP contribution in [-0.4, -0.2) is 25.6 Å². The first-order valence-corrected chi connectivity index (χ1v) is 3.81. The van der Waals surface area contributed by atoms with Gasteiger partial charge in [-0.1, -0.05) is 0 Å². The molecule has 4 nitrogen and oxygen atoms in total. The SMILES string of the molecule is COC1CCC(ON)O[C@H]1C. The first-order chi connectivity index (χ1) is 5.27. The lowest BCUT2D eigenvalue weighted by molar-refractivity contribution is -0.223. The average molecular weight is 161 g/mol. The van der Waals surface area contributed by atoms with Crippen LogP contribution in [0.5, 0.6) is 0 Å². The quantitative estimate of drug-likeness (QED) is 0.596. The fourth-order valence-corrected chi connectivity index (χ4v) is 1.34. The maximum Gasteiger partial charge on any atom is 0.177 e. The Hall–Kier alpha value is -0.160. The van der Waals surface area contributed by atoms with Gasteiger partial charge in [-0.05, 0) is 13.3 Å². The highest BCUT2D eigenvalue weighted by atomic mass is 16.8. The van der Waals surface area contributed by atoms with Crippen LogP contribution in [0, 0.1) is 0 Å². The molecule has 11 heavy (non-hydrogen) atoms. The molecule has 1 rings (SSSR count). The third kappa shape index (κ3) is 2.13. The molecule has 1 fully saturated rings. The lowest BCUT2D eigenvalue weighted by Crippen LogP contribution is -2.40. The van der Waals surface area contributed by atoms with Crippen LogP contribution in [-0.2, 0) is 14.3 Å². The van der Waals surface area contributed by atoms with Gasteiger partial charge >= 0.3 is 0 Å². The second-order valence-corrected chi connectivity index (χ2v) is 2.76. The number of methoxy groups -OCH3 is 1. The molecule has 1 saturated heterocycles. The van der Waals surface area contributed by atoms with Crippen LogP contribution in [0.1, 0.15) is 19.8 Å². The molecular weight excluding hydrogens is 146 g/mol. The predicted molar refractivity (Wildman–Crippen MR) is 39.6 cm³/mol. The Morgan fingerprint density at radius 3 is 2.64 bits per heavy atom. The Balaban J connectivity index is 2.34. The molecule has 2 N–H and O–H groups in total. The van der Waals surface area contributed by atoms with E-state index in [1.807, 2.05) is 6.92 Å². The van der Waals surface area contributed by atoms with Crippen molar-refractivity contribution < 1.29 is 14.3 Å². The highest BCUT2D eigenvalue weighted by Gasteiger charge is 2.27. The summed E-state index contributed by atoms with van der Waals surface area (Å²) in [5, 5.41) is 0. The molecule has 0 aromatic heterocycles. The van der Waals surface area contributed by atoms with Gasteiger partial charge in [0, 0.05) is 13.5 Å². The standard InChI is InChI=1S/C7H15NO3/c1-5-6(9-2)3-4-7(10-5)11-8/h5-7H,3-4,8H2,1-2H3/t5-,6?,7?/m0/s1. The van der Waals surface area contributed by atoms with Crippen molar-refractivity contribution in [1.82, 2.24) is 0 Å². The van der Waals surface area contributed by atoms with Gasteiger partial charge in [0.25, 0.3) is 0 Å².